The van der Waals surface area contributed by atoms with Crippen molar-refractivity contribution in [3.63, 3.8) is 0 Å². The first-order valence-electron chi connectivity index (χ1n) is 2.05. The average Bonchev–Trinajstić information content (AvgIpc) is 1.86. The summed E-state index contributed by atoms with van der Waals surface area (Å²) in [5.74, 6) is 0. The summed E-state index contributed by atoms with van der Waals surface area (Å²) in [6.07, 6.45) is 2.47. The van der Waals surface area contributed by atoms with Crippen LogP contribution >= 0.6 is 0 Å². The van der Waals surface area contributed by atoms with Crippen molar-refractivity contribution in [1.29, 1.82) is 0 Å². The Kier molecular flexibility index (Phi) is 1.55. The molecule has 0 amide bonds. The van der Waals surface area contributed by atoms with Crippen LogP contribution in [-0.4, -0.2) is 10.7 Å². The molecule has 1 heterocycles. The molecule has 1 aliphatic heterocycles. The summed E-state index contributed by atoms with van der Waals surface area (Å²) in [6.45, 7) is 0.971. The third-order valence-electron chi connectivity index (χ3n) is 0.788. The van der Waals surface area contributed by atoms with Gasteiger partial charge in [-0.1, -0.05) is 0 Å². The summed E-state index contributed by atoms with van der Waals surface area (Å²) in [6, 6.07) is 0. The van der Waals surface area contributed by atoms with E-state index >= 15 is 0 Å². The topological polar surface area (TPSA) is 9.23 Å². The summed E-state index contributed by atoms with van der Waals surface area (Å²) >= 11 is 1.50. The van der Waals surface area contributed by atoms with Crippen LogP contribution in [0, 0.1) is 0 Å². The first kappa shape index (κ1) is 4.67. The Hall–Kier alpha value is 0.518. The molecule has 0 aromatic heterocycles. The molecular weight excluding hydrogens is 248 g/mol. The van der Waals surface area contributed by atoms with Gasteiger partial charge in [0, 0.05) is 0 Å². The number of hydrogen-bond donors (Lipinski definition) is 0. The Morgan fingerprint density at radius 3 is 2.67 bits per heavy atom. The van der Waals surface area contributed by atoms with Gasteiger partial charge in [-0.05, 0) is 0 Å². The van der Waals surface area contributed by atoms with E-state index in [4.69, 9.17) is 4.74 Å². The van der Waals surface area contributed by atoms with Crippen LogP contribution in [0.1, 0.15) is 12.8 Å². The number of ether oxygens (including phenoxy) is 1. The fraction of sp³-hybridized carbons (Fsp3) is 0.750. The Morgan fingerprint density at radius 2 is 2.50 bits per heavy atom. The molecule has 0 bridgehead atoms. The molecular formula is C4H6OW. The van der Waals surface area contributed by atoms with Gasteiger partial charge in [0.1, 0.15) is 0 Å². The third-order valence-corrected chi connectivity index (χ3v) is 1.95. The molecule has 0 spiro atoms. The molecule has 34 valence electrons. The summed E-state index contributed by atoms with van der Waals surface area (Å²) in [5, 5.41) is 0. The molecule has 0 N–H and O–H groups in total. The number of hydrogen-bond acceptors (Lipinski definition) is 1. The van der Waals surface area contributed by atoms with Crippen molar-refractivity contribution in [2.75, 3.05) is 6.61 Å². The van der Waals surface area contributed by atoms with E-state index < -0.39 is 0 Å². The molecule has 1 fully saturated rings. The second kappa shape index (κ2) is 1.99. The van der Waals surface area contributed by atoms with E-state index in [9.17, 15) is 0 Å². The Morgan fingerprint density at radius 1 is 1.67 bits per heavy atom. The van der Waals surface area contributed by atoms with Crippen molar-refractivity contribution in [3.05, 3.63) is 0 Å². The molecule has 0 unspecified atom stereocenters. The minimum absolute atomic E-state index is 0.971. The average molecular weight is 254 g/mol. The second-order valence-corrected chi connectivity index (χ2v) is 2.96. The van der Waals surface area contributed by atoms with Crippen molar-refractivity contribution in [2.45, 2.75) is 12.8 Å². The number of rotatable bonds is 0. The fourth-order valence-corrected chi connectivity index (χ4v) is 1.29. The summed E-state index contributed by atoms with van der Waals surface area (Å²) in [5.41, 5.74) is 0. The van der Waals surface area contributed by atoms with Gasteiger partial charge in [-0.25, -0.2) is 0 Å². The minimum atomic E-state index is 0.971. The molecule has 1 rings (SSSR count). The first-order chi connectivity index (χ1) is 2.89. The Labute approximate surface area is 48.1 Å². The molecule has 0 radical (unpaired) electrons. The summed E-state index contributed by atoms with van der Waals surface area (Å²) < 4.78 is 6.39. The Bertz CT molecular complexity index is 61.9. The molecule has 0 aliphatic carbocycles. The monoisotopic (exact) mass is 254 g/mol. The van der Waals surface area contributed by atoms with E-state index in [0.717, 1.165) is 6.61 Å². The van der Waals surface area contributed by atoms with Gasteiger partial charge in [-0.3, -0.25) is 0 Å². The van der Waals surface area contributed by atoms with E-state index in [1.807, 2.05) is 0 Å². The van der Waals surface area contributed by atoms with Crippen LogP contribution in [0.5, 0.6) is 0 Å². The van der Waals surface area contributed by atoms with E-state index in [-0.39, 0.29) is 0 Å². The standard InChI is InChI=1S/C4H6O.W/c1-2-4-5-3-1;/h1-3H2;. The molecule has 1 nitrogen and oxygen atoms in total. The van der Waals surface area contributed by atoms with Gasteiger partial charge in [0.25, 0.3) is 0 Å². The molecule has 0 atom stereocenters. The molecule has 2 heteroatoms. The van der Waals surface area contributed by atoms with E-state index in [1.54, 1.807) is 0 Å². The van der Waals surface area contributed by atoms with E-state index in [0.29, 0.717) is 0 Å². The van der Waals surface area contributed by atoms with Gasteiger partial charge in [-0.15, -0.1) is 0 Å². The van der Waals surface area contributed by atoms with Gasteiger partial charge in [0.15, 0.2) is 0 Å². The quantitative estimate of drug-likeness (QED) is 0.610. The van der Waals surface area contributed by atoms with Crippen LogP contribution in [-0.2, 0) is 24.1 Å². The van der Waals surface area contributed by atoms with Gasteiger partial charge in [-0.2, -0.15) is 0 Å². The van der Waals surface area contributed by atoms with Crippen LogP contribution in [0.2, 0.25) is 0 Å². The van der Waals surface area contributed by atoms with Gasteiger partial charge in [0.2, 0.25) is 0 Å². The van der Waals surface area contributed by atoms with Gasteiger partial charge >= 0.3 is 47.6 Å². The normalized spacial score (nSPS) is 22.3. The first-order valence-corrected chi connectivity index (χ1v) is 3.52. The molecule has 6 heavy (non-hydrogen) atoms. The van der Waals surface area contributed by atoms with Crippen molar-refractivity contribution in [2.24, 2.45) is 0 Å². The van der Waals surface area contributed by atoms with E-state index in [1.165, 1.54) is 36.3 Å². The van der Waals surface area contributed by atoms with Crippen LogP contribution < -0.4 is 0 Å². The molecule has 1 saturated heterocycles. The van der Waals surface area contributed by atoms with Crippen molar-refractivity contribution >= 4 is 4.08 Å². The van der Waals surface area contributed by atoms with Crippen molar-refractivity contribution in [1.82, 2.24) is 0 Å². The molecule has 1 aliphatic rings. The molecule has 0 saturated carbocycles. The second-order valence-electron chi connectivity index (χ2n) is 1.32. The zero-order valence-corrected chi connectivity index (χ0v) is 6.37. The maximum atomic E-state index is 5.11. The maximum absolute atomic E-state index is 5.11. The van der Waals surface area contributed by atoms with Crippen LogP contribution in [0.4, 0.5) is 0 Å². The predicted molar refractivity (Wildman–Crippen MR) is 20.2 cm³/mol. The van der Waals surface area contributed by atoms with Crippen LogP contribution in [0.25, 0.3) is 0 Å². The SMILES string of the molecule is [W]=[C]1CCCO1. The molecule has 0 aromatic carbocycles. The predicted octanol–water partition coefficient (Wildman–Crippen LogP) is 0.474. The Balaban J connectivity index is 2.37. The van der Waals surface area contributed by atoms with E-state index in [2.05, 4.69) is 0 Å². The van der Waals surface area contributed by atoms with Gasteiger partial charge < -0.3 is 0 Å². The molecule has 0 aromatic rings. The summed E-state index contributed by atoms with van der Waals surface area (Å²) in [4.78, 5) is 0. The van der Waals surface area contributed by atoms with Gasteiger partial charge in [0.05, 0.1) is 0 Å². The van der Waals surface area contributed by atoms with Crippen molar-refractivity contribution < 1.29 is 24.1 Å². The third kappa shape index (κ3) is 0.989. The zero-order valence-electron chi connectivity index (χ0n) is 3.44. The summed E-state index contributed by atoms with van der Waals surface area (Å²) in [7, 11) is 0. The zero-order chi connectivity index (χ0) is 4.41. The van der Waals surface area contributed by atoms with Crippen LogP contribution in [0.3, 0.4) is 0 Å². The fourth-order valence-electron chi connectivity index (χ4n) is 0.475. The van der Waals surface area contributed by atoms with Crippen LogP contribution in [0.15, 0.2) is 0 Å². The van der Waals surface area contributed by atoms with Crippen molar-refractivity contribution in [3.8, 4) is 0 Å².